The maximum absolute atomic E-state index is 13.2. The van der Waals surface area contributed by atoms with Crippen LogP contribution in [0.25, 0.3) is 5.69 Å². The van der Waals surface area contributed by atoms with Gasteiger partial charge in [0.1, 0.15) is 0 Å². The molecule has 0 aliphatic carbocycles. The number of amides is 2. The molecule has 0 saturated carbocycles. The third-order valence-corrected chi connectivity index (χ3v) is 5.95. The van der Waals surface area contributed by atoms with Crippen LogP contribution in [0.15, 0.2) is 48.5 Å². The highest BCUT2D eigenvalue weighted by Crippen LogP contribution is 2.25. The van der Waals surface area contributed by atoms with Gasteiger partial charge >= 0.3 is 0 Å². The lowest BCUT2D eigenvalue weighted by Crippen LogP contribution is -2.43. The van der Waals surface area contributed by atoms with E-state index in [1.165, 1.54) is 0 Å². The summed E-state index contributed by atoms with van der Waals surface area (Å²) in [6.45, 7) is 9.05. The van der Waals surface area contributed by atoms with E-state index in [-0.39, 0.29) is 17.7 Å². The van der Waals surface area contributed by atoms with Crippen molar-refractivity contribution in [2.45, 2.75) is 40.5 Å². The summed E-state index contributed by atoms with van der Waals surface area (Å²) in [4.78, 5) is 28.1. The minimum Gasteiger partial charge on any atom is -0.338 e. The predicted molar refractivity (Wildman–Crippen MR) is 126 cm³/mol. The third-order valence-electron chi connectivity index (χ3n) is 5.95. The Morgan fingerprint density at radius 1 is 1.00 bits per heavy atom. The van der Waals surface area contributed by atoms with Crippen LogP contribution in [0.1, 0.15) is 45.7 Å². The number of nitrogens with zero attached hydrogens (tertiary/aromatic N) is 3. The normalized spacial score (nSPS) is 16.1. The zero-order chi connectivity index (χ0) is 22.8. The van der Waals surface area contributed by atoms with E-state index in [9.17, 15) is 9.59 Å². The Kier molecular flexibility index (Phi) is 6.12. The van der Waals surface area contributed by atoms with Crippen molar-refractivity contribution in [2.75, 3.05) is 18.4 Å². The van der Waals surface area contributed by atoms with Crippen molar-refractivity contribution >= 4 is 17.5 Å². The maximum Gasteiger partial charge on any atom is 0.253 e. The van der Waals surface area contributed by atoms with Crippen molar-refractivity contribution in [1.82, 2.24) is 14.7 Å². The lowest BCUT2D eigenvalue weighted by molar-refractivity contribution is -0.121. The standard InChI is InChI=1S/C26H30N4O2/c1-17-12-18(2)14-22(13-17)26(32)29-11-7-8-21(16-29)25(31)27-23-9-5-6-10-24(23)30-20(4)15-19(3)28-30/h5-6,9-10,12-15,21H,7-8,11,16H2,1-4H3,(H,27,31). The number of nitrogens with one attached hydrogen (secondary N) is 1. The number of para-hydroxylation sites is 2. The molecule has 6 nitrogen and oxygen atoms in total. The lowest BCUT2D eigenvalue weighted by Gasteiger charge is -2.32. The maximum atomic E-state index is 13.2. The van der Waals surface area contributed by atoms with Crippen molar-refractivity contribution in [1.29, 1.82) is 0 Å². The van der Waals surface area contributed by atoms with Gasteiger partial charge in [0.15, 0.2) is 0 Å². The summed E-state index contributed by atoms with van der Waals surface area (Å²) in [6, 6.07) is 15.6. The van der Waals surface area contributed by atoms with Gasteiger partial charge in [0, 0.05) is 24.3 Å². The summed E-state index contributed by atoms with van der Waals surface area (Å²) in [5.41, 5.74) is 6.33. The SMILES string of the molecule is Cc1cc(C)cc(C(=O)N2CCCC(C(=O)Nc3ccccc3-n3nc(C)cc3C)C2)c1. The topological polar surface area (TPSA) is 67.2 Å². The summed E-state index contributed by atoms with van der Waals surface area (Å²) in [5, 5.41) is 7.65. The molecular weight excluding hydrogens is 400 g/mol. The first-order valence-electron chi connectivity index (χ1n) is 11.1. The van der Waals surface area contributed by atoms with Gasteiger partial charge in [0.25, 0.3) is 5.91 Å². The van der Waals surface area contributed by atoms with E-state index in [1.54, 1.807) is 0 Å². The first-order chi connectivity index (χ1) is 15.3. The number of aryl methyl sites for hydroxylation is 4. The summed E-state index contributed by atoms with van der Waals surface area (Å²) in [6.07, 6.45) is 1.58. The second kappa shape index (κ2) is 8.99. The van der Waals surface area contributed by atoms with Gasteiger partial charge in [-0.05, 0) is 70.9 Å². The second-order valence-corrected chi connectivity index (χ2v) is 8.81. The molecule has 1 saturated heterocycles. The van der Waals surface area contributed by atoms with Crippen molar-refractivity contribution < 1.29 is 9.59 Å². The van der Waals surface area contributed by atoms with Crippen molar-refractivity contribution in [3.8, 4) is 5.69 Å². The van der Waals surface area contributed by atoms with Gasteiger partial charge in [-0.15, -0.1) is 0 Å². The quantitative estimate of drug-likeness (QED) is 0.658. The van der Waals surface area contributed by atoms with E-state index < -0.39 is 0 Å². The molecule has 32 heavy (non-hydrogen) atoms. The highest BCUT2D eigenvalue weighted by atomic mass is 16.2. The zero-order valence-electron chi connectivity index (χ0n) is 19.2. The van der Waals surface area contributed by atoms with Gasteiger partial charge in [0.05, 0.1) is 23.0 Å². The molecule has 1 aliphatic heterocycles. The van der Waals surface area contributed by atoms with Gasteiger partial charge in [0.2, 0.25) is 5.91 Å². The molecule has 6 heteroatoms. The van der Waals surface area contributed by atoms with Crippen LogP contribution in [0.4, 0.5) is 5.69 Å². The Hall–Kier alpha value is -3.41. The summed E-state index contributed by atoms with van der Waals surface area (Å²) >= 11 is 0. The Morgan fingerprint density at radius 2 is 1.72 bits per heavy atom. The first-order valence-corrected chi connectivity index (χ1v) is 11.1. The smallest absolute Gasteiger partial charge is 0.253 e. The average Bonchev–Trinajstić information content (AvgIpc) is 3.10. The third kappa shape index (κ3) is 4.59. The van der Waals surface area contributed by atoms with Crippen LogP contribution in [0.3, 0.4) is 0 Å². The number of carbonyl (C=O) groups is 2. The molecule has 1 N–H and O–H groups in total. The number of piperidine rings is 1. The fourth-order valence-corrected chi connectivity index (χ4v) is 4.53. The summed E-state index contributed by atoms with van der Waals surface area (Å²) in [5.74, 6) is -0.304. The Labute approximate surface area is 189 Å². The van der Waals surface area contributed by atoms with Gasteiger partial charge in [-0.25, -0.2) is 4.68 Å². The molecule has 166 valence electrons. The fourth-order valence-electron chi connectivity index (χ4n) is 4.53. The van der Waals surface area contributed by atoms with Crippen LogP contribution in [-0.4, -0.2) is 39.6 Å². The van der Waals surface area contributed by atoms with Crippen molar-refractivity contribution in [3.63, 3.8) is 0 Å². The fraction of sp³-hybridized carbons (Fsp3) is 0.346. The number of hydrogen-bond acceptors (Lipinski definition) is 3. The van der Waals surface area contributed by atoms with E-state index in [4.69, 9.17) is 0 Å². The van der Waals surface area contributed by atoms with Gasteiger partial charge in [-0.3, -0.25) is 9.59 Å². The largest absolute Gasteiger partial charge is 0.338 e. The van der Waals surface area contributed by atoms with Crippen LogP contribution in [0, 0.1) is 33.6 Å². The number of rotatable bonds is 4. The number of anilines is 1. The molecule has 3 aromatic rings. The molecule has 1 fully saturated rings. The molecule has 2 heterocycles. The zero-order valence-corrected chi connectivity index (χ0v) is 19.2. The molecule has 2 aromatic carbocycles. The molecule has 0 spiro atoms. The Morgan fingerprint density at radius 3 is 2.41 bits per heavy atom. The second-order valence-electron chi connectivity index (χ2n) is 8.81. The number of aromatic nitrogens is 2. The molecule has 0 radical (unpaired) electrons. The van der Waals surface area contributed by atoms with Crippen molar-refractivity contribution in [2.24, 2.45) is 5.92 Å². The number of hydrogen-bond donors (Lipinski definition) is 1. The lowest BCUT2D eigenvalue weighted by atomic mass is 9.96. The van der Waals surface area contributed by atoms with Crippen LogP contribution in [0.2, 0.25) is 0 Å². The van der Waals surface area contributed by atoms with E-state index in [2.05, 4.69) is 16.5 Å². The van der Waals surface area contributed by atoms with Crippen LogP contribution in [-0.2, 0) is 4.79 Å². The van der Waals surface area contributed by atoms with Crippen LogP contribution in [0.5, 0.6) is 0 Å². The minimum absolute atomic E-state index is 0.00246. The Bertz CT molecular complexity index is 1140. The van der Waals surface area contributed by atoms with Gasteiger partial charge in [-0.1, -0.05) is 29.3 Å². The van der Waals surface area contributed by atoms with E-state index in [1.807, 2.05) is 79.7 Å². The molecule has 1 atom stereocenters. The van der Waals surface area contributed by atoms with Gasteiger partial charge < -0.3 is 10.2 Å². The molecule has 1 unspecified atom stereocenters. The van der Waals surface area contributed by atoms with E-state index in [0.717, 1.165) is 46.7 Å². The molecule has 0 bridgehead atoms. The highest BCUT2D eigenvalue weighted by molar-refractivity contribution is 5.97. The monoisotopic (exact) mass is 430 g/mol. The molecule has 4 rings (SSSR count). The van der Waals surface area contributed by atoms with Crippen molar-refractivity contribution in [3.05, 3.63) is 76.6 Å². The summed E-state index contributed by atoms with van der Waals surface area (Å²) in [7, 11) is 0. The predicted octanol–water partition coefficient (Wildman–Crippen LogP) is 4.60. The van der Waals surface area contributed by atoms with E-state index in [0.29, 0.717) is 18.7 Å². The van der Waals surface area contributed by atoms with Crippen LogP contribution >= 0.6 is 0 Å². The Balaban J connectivity index is 1.50. The molecule has 1 aliphatic rings. The van der Waals surface area contributed by atoms with Gasteiger partial charge in [-0.2, -0.15) is 5.10 Å². The minimum atomic E-state index is -0.243. The average molecular weight is 431 g/mol. The van der Waals surface area contributed by atoms with E-state index >= 15 is 0 Å². The highest BCUT2D eigenvalue weighted by Gasteiger charge is 2.29. The first kappa shape index (κ1) is 21.8. The van der Waals surface area contributed by atoms with Crippen LogP contribution < -0.4 is 5.32 Å². The molecular formula is C26H30N4O2. The number of likely N-dealkylation sites (tertiary alicyclic amines) is 1. The summed E-state index contributed by atoms with van der Waals surface area (Å²) < 4.78 is 1.85. The molecule has 1 aromatic heterocycles. The number of benzene rings is 2. The number of carbonyl (C=O) groups excluding carboxylic acids is 2. The molecule has 2 amide bonds.